The van der Waals surface area contributed by atoms with Gasteiger partial charge in [0.1, 0.15) is 0 Å². The van der Waals surface area contributed by atoms with Crippen LogP contribution in [0.2, 0.25) is 0 Å². The van der Waals surface area contributed by atoms with Crippen LogP contribution in [0, 0.1) is 38.9 Å². The molecule has 2 heterocycles. The minimum absolute atomic E-state index is 0.0361. The summed E-state index contributed by atoms with van der Waals surface area (Å²) < 4.78 is 16.1. The molecule has 0 fully saturated rings. The van der Waals surface area contributed by atoms with Gasteiger partial charge in [0.2, 0.25) is 0 Å². The number of hydrogen-bond donors (Lipinski definition) is 1. The van der Waals surface area contributed by atoms with Gasteiger partial charge in [-0.25, -0.2) is 0 Å². The number of benzene rings is 2. The molecule has 5 rings (SSSR count). The molecule has 4 unspecified atom stereocenters. The van der Waals surface area contributed by atoms with Crippen LogP contribution in [-0.2, 0) is 27.7 Å². The summed E-state index contributed by atoms with van der Waals surface area (Å²) in [5, 5.41) is 18.7. The summed E-state index contributed by atoms with van der Waals surface area (Å²) in [6.07, 6.45) is 6.99. The van der Waals surface area contributed by atoms with Gasteiger partial charge in [0.05, 0.1) is 16.4 Å². The van der Waals surface area contributed by atoms with Crippen LogP contribution in [0.4, 0.5) is 0 Å². The predicted molar refractivity (Wildman–Crippen MR) is 285 cm³/mol. The highest BCUT2D eigenvalue weighted by Crippen LogP contribution is 2.67. The minimum atomic E-state index is -0.919. The Morgan fingerprint density at radius 2 is 1.20 bits per heavy atom. The van der Waals surface area contributed by atoms with E-state index < -0.39 is 26.8 Å². The molecule has 4 atom stereocenters. The second kappa shape index (κ2) is 19.0. The standard InChI is InChI=1S/C57H86O3S4/c1-36(2)41-28-23-29-42(52(13,14)15)45(41)64-47-46(63-44-39(34-50(7,8)9)26-22-27-40(44)35-51(10,11)12)43(59-55(37(3)4)30-24-32-61-55)49(57(38(5)6,48(47)58)54(19,20)21)60-56(53(16,17)18)31-25-33-62-56/h22-29,32-33,36-38,48,58H,30-31,34-35H2,1-21H3. The molecule has 2 aromatic carbocycles. The lowest BCUT2D eigenvalue weighted by atomic mass is 9.55. The van der Waals surface area contributed by atoms with Crippen molar-refractivity contribution in [3.05, 3.63) is 103 Å². The van der Waals surface area contributed by atoms with Gasteiger partial charge in [0.15, 0.2) is 21.4 Å². The van der Waals surface area contributed by atoms with Gasteiger partial charge in [-0.2, -0.15) is 0 Å². The number of aliphatic hydroxyl groups excluding tert-OH is 1. The maximum atomic E-state index is 14.2. The smallest absolute Gasteiger partial charge is 0.174 e. The molecule has 356 valence electrons. The fourth-order valence-corrected chi connectivity index (χ4v) is 15.2. The molecule has 3 aliphatic rings. The highest BCUT2D eigenvalue weighted by Gasteiger charge is 2.63. The summed E-state index contributed by atoms with van der Waals surface area (Å²) >= 11 is 7.21. The van der Waals surface area contributed by atoms with Crippen molar-refractivity contribution in [2.45, 2.75) is 208 Å². The van der Waals surface area contributed by atoms with Crippen molar-refractivity contribution in [2.75, 3.05) is 0 Å². The van der Waals surface area contributed by atoms with E-state index in [-0.39, 0.29) is 39.4 Å². The highest BCUT2D eigenvalue weighted by atomic mass is 32.2. The topological polar surface area (TPSA) is 38.7 Å². The molecule has 1 N–H and O–H groups in total. The van der Waals surface area contributed by atoms with Gasteiger partial charge in [-0.1, -0.05) is 241 Å². The Kier molecular flexibility index (Phi) is 15.9. The number of aliphatic hydroxyl groups is 1. The second-order valence-corrected chi connectivity index (χ2v) is 29.7. The van der Waals surface area contributed by atoms with Crippen LogP contribution in [0.15, 0.2) is 90.5 Å². The first-order valence-electron chi connectivity index (χ1n) is 24.0. The molecule has 64 heavy (non-hydrogen) atoms. The third kappa shape index (κ3) is 10.8. The van der Waals surface area contributed by atoms with Gasteiger partial charge in [0.25, 0.3) is 0 Å². The summed E-state index contributed by atoms with van der Waals surface area (Å²) in [4.78, 5) is 3.25. The van der Waals surface area contributed by atoms with Crippen LogP contribution in [0.25, 0.3) is 0 Å². The minimum Gasteiger partial charge on any atom is -0.475 e. The molecule has 0 saturated carbocycles. The van der Waals surface area contributed by atoms with Crippen molar-refractivity contribution in [3.63, 3.8) is 0 Å². The molecule has 0 saturated heterocycles. The van der Waals surface area contributed by atoms with Crippen molar-refractivity contribution in [2.24, 2.45) is 38.9 Å². The third-order valence-electron chi connectivity index (χ3n) is 13.4. The van der Waals surface area contributed by atoms with Gasteiger partial charge in [-0.05, 0) is 79.4 Å². The summed E-state index contributed by atoms with van der Waals surface area (Å²) in [7, 11) is 0. The van der Waals surface area contributed by atoms with E-state index >= 15 is 0 Å². The highest BCUT2D eigenvalue weighted by molar-refractivity contribution is 8.07. The van der Waals surface area contributed by atoms with Gasteiger partial charge >= 0.3 is 0 Å². The SMILES string of the molecule is CC(C)c1cccc(C(C)(C)C)c1SC1=C(Sc2c(CC(C)(C)C)cccc2CC(C)(C)C)C(OC2(C(C)C)CC=CS2)=C(OC2(C(C)(C)C)CC=CS2)C(C(C)C)(C(C)(C)C)C1O. The van der Waals surface area contributed by atoms with E-state index in [9.17, 15) is 5.11 Å². The molecular weight excluding hydrogens is 861 g/mol. The van der Waals surface area contributed by atoms with Crippen LogP contribution in [-0.4, -0.2) is 21.1 Å². The van der Waals surface area contributed by atoms with Crippen molar-refractivity contribution in [1.29, 1.82) is 0 Å². The number of hydrogen-bond acceptors (Lipinski definition) is 7. The first kappa shape index (κ1) is 53.3. The first-order chi connectivity index (χ1) is 29.2. The predicted octanol–water partition coefficient (Wildman–Crippen LogP) is 18.1. The fourth-order valence-electron chi connectivity index (χ4n) is 10.0. The van der Waals surface area contributed by atoms with E-state index in [1.807, 2.05) is 11.8 Å². The van der Waals surface area contributed by atoms with Crippen molar-refractivity contribution < 1.29 is 14.6 Å². The lowest BCUT2D eigenvalue weighted by Crippen LogP contribution is -2.56. The molecule has 2 aromatic rings. The quantitative estimate of drug-likeness (QED) is 0.214. The van der Waals surface area contributed by atoms with E-state index in [0.717, 1.165) is 47.0 Å². The maximum absolute atomic E-state index is 14.2. The van der Waals surface area contributed by atoms with E-state index in [4.69, 9.17) is 9.47 Å². The third-order valence-corrected chi connectivity index (χ3v) is 19.2. The molecule has 0 amide bonds. The molecule has 0 aromatic heterocycles. The second-order valence-electron chi connectivity index (χ2n) is 25.3. The molecule has 7 heteroatoms. The summed E-state index contributed by atoms with van der Waals surface area (Å²) in [5.74, 6) is 2.02. The normalized spacial score (nSPS) is 24.9. The van der Waals surface area contributed by atoms with Gasteiger partial charge in [-0.3, -0.25) is 0 Å². The molecule has 1 aliphatic carbocycles. The Labute approximate surface area is 409 Å². The zero-order valence-corrected chi connectivity index (χ0v) is 47.1. The number of ether oxygens (including phenoxy) is 2. The maximum Gasteiger partial charge on any atom is 0.174 e. The molecule has 0 spiro atoms. The van der Waals surface area contributed by atoms with Crippen molar-refractivity contribution in [3.8, 4) is 0 Å². The van der Waals surface area contributed by atoms with Crippen LogP contribution in [0.5, 0.6) is 0 Å². The summed E-state index contributed by atoms with van der Waals surface area (Å²) in [5.41, 5.74) is 3.61. The largest absolute Gasteiger partial charge is 0.475 e. The van der Waals surface area contributed by atoms with Crippen LogP contribution in [0.1, 0.15) is 186 Å². The van der Waals surface area contributed by atoms with Gasteiger partial charge in [0, 0.05) is 38.9 Å². The summed E-state index contributed by atoms with van der Waals surface area (Å²) in [6, 6.07) is 13.8. The van der Waals surface area contributed by atoms with E-state index in [1.54, 1.807) is 35.3 Å². The molecular formula is C57H86O3S4. The number of rotatable bonds is 13. The average molecular weight is 948 g/mol. The Hall–Kier alpha value is -1.64. The van der Waals surface area contributed by atoms with Crippen molar-refractivity contribution >= 4 is 47.0 Å². The first-order valence-corrected chi connectivity index (χ1v) is 27.4. The Morgan fingerprint density at radius 3 is 1.62 bits per heavy atom. The Balaban J connectivity index is 2.08. The van der Waals surface area contributed by atoms with Gasteiger partial charge in [-0.15, -0.1) is 0 Å². The number of thioether (sulfide) groups is 4. The van der Waals surface area contributed by atoms with E-state index in [2.05, 4.69) is 205 Å². The summed E-state index contributed by atoms with van der Waals surface area (Å²) in [6.45, 7) is 48.7. The van der Waals surface area contributed by atoms with Crippen LogP contribution >= 0.6 is 47.0 Å². The molecule has 2 aliphatic heterocycles. The Morgan fingerprint density at radius 1 is 0.656 bits per heavy atom. The van der Waals surface area contributed by atoms with Crippen LogP contribution < -0.4 is 0 Å². The lowest BCUT2D eigenvalue weighted by molar-refractivity contribution is -0.123. The average Bonchev–Trinajstić information content (AvgIpc) is 3.82. The Bertz CT molecular complexity index is 2070. The molecule has 0 radical (unpaired) electrons. The lowest BCUT2D eigenvalue weighted by Gasteiger charge is -2.57. The zero-order chi connectivity index (χ0) is 48.2. The molecule has 3 nitrogen and oxygen atoms in total. The van der Waals surface area contributed by atoms with E-state index in [1.165, 1.54) is 32.0 Å². The monoisotopic (exact) mass is 947 g/mol. The van der Waals surface area contributed by atoms with Crippen LogP contribution in [0.3, 0.4) is 0 Å². The van der Waals surface area contributed by atoms with Crippen molar-refractivity contribution in [1.82, 2.24) is 0 Å². The fraction of sp³-hybridized carbons (Fsp3) is 0.649. The zero-order valence-electron chi connectivity index (χ0n) is 43.8. The molecule has 0 bridgehead atoms. The van der Waals surface area contributed by atoms with Gasteiger partial charge < -0.3 is 14.6 Å². The van der Waals surface area contributed by atoms with E-state index in [0.29, 0.717) is 0 Å².